The molecule has 0 aliphatic carbocycles. The maximum atomic E-state index is 13.5. The standard InChI is InChI=1S/C16H11F4NO/c1-2-4-9-5-3-6-10(16(9)22)8-21-15-13(19)11(17)7-12(18)14(15)20/h2-8,22H,1H3/b4-2+,21-8?. The van der Waals surface area contributed by atoms with Gasteiger partial charge < -0.3 is 5.11 Å². The molecule has 2 nitrogen and oxygen atoms in total. The molecule has 0 unspecified atom stereocenters. The number of hydrogen-bond acceptors (Lipinski definition) is 2. The maximum absolute atomic E-state index is 13.5. The van der Waals surface area contributed by atoms with Gasteiger partial charge in [0.1, 0.15) is 11.4 Å². The summed E-state index contributed by atoms with van der Waals surface area (Å²) in [5.74, 6) is -6.45. The van der Waals surface area contributed by atoms with Crippen LogP contribution in [0.5, 0.6) is 5.75 Å². The number of phenols is 1. The molecule has 0 bridgehead atoms. The molecule has 0 saturated heterocycles. The summed E-state index contributed by atoms with van der Waals surface area (Å²) in [6.45, 7) is 1.75. The minimum atomic E-state index is -1.60. The van der Waals surface area contributed by atoms with E-state index in [0.29, 0.717) is 5.56 Å². The third kappa shape index (κ3) is 3.00. The van der Waals surface area contributed by atoms with Crippen molar-refractivity contribution in [2.75, 3.05) is 0 Å². The molecule has 0 heterocycles. The molecular weight excluding hydrogens is 298 g/mol. The molecule has 6 heteroatoms. The molecule has 0 aromatic heterocycles. The van der Waals surface area contributed by atoms with E-state index in [1.165, 1.54) is 6.07 Å². The van der Waals surface area contributed by atoms with Crippen LogP contribution < -0.4 is 0 Å². The van der Waals surface area contributed by atoms with Crippen molar-refractivity contribution in [3.05, 3.63) is 64.7 Å². The lowest BCUT2D eigenvalue weighted by Crippen LogP contribution is -1.94. The highest BCUT2D eigenvalue weighted by Crippen LogP contribution is 2.28. The minimum absolute atomic E-state index is 0.105. The zero-order valence-electron chi connectivity index (χ0n) is 11.4. The van der Waals surface area contributed by atoms with E-state index < -0.39 is 29.0 Å². The van der Waals surface area contributed by atoms with Crippen LogP contribution in [0.3, 0.4) is 0 Å². The van der Waals surface area contributed by atoms with E-state index in [1.807, 2.05) is 0 Å². The highest BCUT2D eigenvalue weighted by atomic mass is 19.2. The Labute approximate surface area is 124 Å². The lowest BCUT2D eigenvalue weighted by Gasteiger charge is -2.04. The van der Waals surface area contributed by atoms with Crippen LogP contribution in [0.1, 0.15) is 18.1 Å². The predicted octanol–water partition coefficient (Wildman–Crippen LogP) is 4.73. The molecule has 2 aromatic carbocycles. The summed E-state index contributed by atoms with van der Waals surface area (Å²) in [4.78, 5) is 3.42. The van der Waals surface area contributed by atoms with Crippen LogP contribution in [0.2, 0.25) is 0 Å². The predicted molar refractivity (Wildman–Crippen MR) is 76.3 cm³/mol. The van der Waals surface area contributed by atoms with Crippen molar-refractivity contribution < 1.29 is 22.7 Å². The molecule has 0 radical (unpaired) electrons. The van der Waals surface area contributed by atoms with E-state index in [1.54, 1.807) is 31.2 Å². The van der Waals surface area contributed by atoms with Crippen molar-refractivity contribution in [3.8, 4) is 5.75 Å². The molecule has 0 amide bonds. The van der Waals surface area contributed by atoms with Crippen LogP contribution in [-0.2, 0) is 0 Å². The van der Waals surface area contributed by atoms with Gasteiger partial charge in [0.15, 0.2) is 23.3 Å². The van der Waals surface area contributed by atoms with E-state index in [9.17, 15) is 22.7 Å². The van der Waals surface area contributed by atoms with Gasteiger partial charge in [-0.15, -0.1) is 0 Å². The summed E-state index contributed by atoms with van der Waals surface area (Å²) in [5, 5.41) is 9.97. The first-order valence-corrected chi connectivity index (χ1v) is 6.27. The lowest BCUT2D eigenvalue weighted by molar-refractivity contribution is 0.457. The van der Waals surface area contributed by atoms with Crippen molar-refractivity contribution in [1.82, 2.24) is 0 Å². The van der Waals surface area contributed by atoms with Crippen molar-refractivity contribution in [2.45, 2.75) is 6.92 Å². The average molecular weight is 309 g/mol. The van der Waals surface area contributed by atoms with Gasteiger partial charge >= 0.3 is 0 Å². The fraction of sp³-hybridized carbons (Fsp3) is 0.0625. The third-order valence-electron chi connectivity index (χ3n) is 2.87. The number of phenolic OH excluding ortho intramolecular Hbond substituents is 1. The molecule has 0 aliphatic heterocycles. The first-order chi connectivity index (χ1) is 10.5. The van der Waals surface area contributed by atoms with Gasteiger partial charge in [0.2, 0.25) is 0 Å². The van der Waals surface area contributed by atoms with Gasteiger partial charge in [-0.3, -0.25) is 0 Å². The van der Waals surface area contributed by atoms with Crippen molar-refractivity contribution in [3.63, 3.8) is 0 Å². The summed E-state index contributed by atoms with van der Waals surface area (Å²) in [5.41, 5.74) is -0.467. The Balaban J connectivity index is 2.48. The Morgan fingerprint density at radius 1 is 1.00 bits per heavy atom. The monoisotopic (exact) mass is 309 g/mol. The second-order valence-electron chi connectivity index (χ2n) is 4.36. The molecule has 0 fully saturated rings. The minimum Gasteiger partial charge on any atom is -0.507 e. The fourth-order valence-corrected chi connectivity index (χ4v) is 1.81. The maximum Gasteiger partial charge on any atom is 0.187 e. The molecule has 0 aliphatic rings. The average Bonchev–Trinajstić information content (AvgIpc) is 2.49. The molecule has 0 spiro atoms. The number of nitrogens with zero attached hydrogens (tertiary/aromatic N) is 1. The third-order valence-corrected chi connectivity index (χ3v) is 2.87. The number of rotatable bonds is 3. The number of hydrogen-bond donors (Lipinski definition) is 1. The van der Waals surface area contributed by atoms with Gasteiger partial charge in [0.25, 0.3) is 0 Å². The number of aliphatic imine (C=N–C) groups is 1. The normalized spacial score (nSPS) is 11.7. The molecule has 2 rings (SSSR count). The molecular formula is C16H11F4NO. The van der Waals surface area contributed by atoms with Crippen LogP contribution in [-0.4, -0.2) is 11.3 Å². The van der Waals surface area contributed by atoms with Crippen molar-refractivity contribution >= 4 is 18.0 Å². The van der Waals surface area contributed by atoms with Crippen LogP contribution in [0.4, 0.5) is 23.2 Å². The number of allylic oxidation sites excluding steroid dienone is 1. The fourth-order valence-electron chi connectivity index (χ4n) is 1.81. The van der Waals surface area contributed by atoms with Gasteiger partial charge in [0.05, 0.1) is 0 Å². The first-order valence-electron chi connectivity index (χ1n) is 6.27. The summed E-state index contributed by atoms with van der Waals surface area (Å²) >= 11 is 0. The molecule has 0 saturated carbocycles. The van der Waals surface area contributed by atoms with Gasteiger partial charge in [0, 0.05) is 23.4 Å². The van der Waals surface area contributed by atoms with Gasteiger partial charge in [-0.05, 0) is 13.0 Å². The van der Waals surface area contributed by atoms with Gasteiger partial charge in [-0.25, -0.2) is 22.6 Å². The van der Waals surface area contributed by atoms with Crippen LogP contribution >= 0.6 is 0 Å². The second-order valence-corrected chi connectivity index (χ2v) is 4.36. The molecule has 2 aromatic rings. The topological polar surface area (TPSA) is 32.6 Å². The number of halogens is 4. The van der Waals surface area contributed by atoms with Crippen LogP contribution in [0.15, 0.2) is 35.3 Å². The summed E-state index contributed by atoms with van der Waals surface area (Å²) in [6.07, 6.45) is 4.25. The Bertz CT molecular complexity index is 743. The lowest BCUT2D eigenvalue weighted by atomic mass is 10.1. The summed E-state index contributed by atoms with van der Waals surface area (Å²) < 4.78 is 53.1. The Hall–Kier alpha value is -2.63. The van der Waals surface area contributed by atoms with E-state index >= 15 is 0 Å². The summed E-state index contributed by atoms with van der Waals surface area (Å²) in [7, 11) is 0. The highest BCUT2D eigenvalue weighted by molar-refractivity contribution is 5.87. The molecule has 0 atom stereocenters. The number of para-hydroxylation sites is 1. The van der Waals surface area contributed by atoms with Gasteiger partial charge in [-0.2, -0.15) is 0 Å². The molecule has 22 heavy (non-hydrogen) atoms. The van der Waals surface area contributed by atoms with E-state index in [-0.39, 0.29) is 17.4 Å². The van der Waals surface area contributed by atoms with Crippen LogP contribution in [0, 0.1) is 23.3 Å². The number of aromatic hydroxyl groups is 1. The second kappa shape index (κ2) is 6.43. The molecule has 1 N–H and O–H groups in total. The SMILES string of the molecule is C/C=C/c1cccc(C=Nc2c(F)c(F)cc(F)c2F)c1O. The van der Waals surface area contributed by atoms with E-state index in [4.69, 9.17) is 0 Å². The Kier molecular flexibility index (Phi) is 4.60. The highest BCUT2D eigenvalue weighted by Gasteiger charge is 2.18. The summed E-state index contributed by atoms with van der Waals surface area (Å²) in [6, 6.07) is 4.76. The van der Waals surface area contributed by atoms with Crippen molar-refractivity contribution in [1.29, 1.82) is 0 Å². The van der Waals surface area contributed by atoms with Crippen LogP contribution in [0.25, 0.3) is 6.08 Å². The Morgan fingerprint density at radius 3 is 2.18 bits per heavy atom. The largest absolute Gasteiger partial charge is 0.507 e. The van der Waals surface area contributed by atoms with E-state index in [0.717, 1.165) is 6.21 Å². The smallest absolute Gasteiger partial charge is 0.187 e. The first kappa shape index (κ1) is 15.8. The Morgan fingerprint density at radius 2 is 1.59 bits per heavy atom. The van der Waals surface area contributed by atoms with Crippen molar-refractivity contribution in [2.24, 2.45) is 4.99 Å². The van der Waals surface area contributed by atoms with Gasteiger partial charge in [-0.1, -0.05) is 24.3 Å². The number of benzene rings is 2. The zero-order chi connectivity index (χ0) is 16.3. The van der Waals surface area contributed by atoms with E-state index in [2.05, 4.69) is 4.99 Å². The quantitative estimate of drug-likeness (QED) is 0.496. The molecule has 114 valence electrons. The zero-order valence-corrected chi connectivity index (χ0v) is 11.4.